The van der Waals surface area contributed by atoms with E-state index in [2.05, 4.69) is 17.2 Å². The standard InChI is InChI=1S/C14H20N2O2S/c1-4-18-11-5-6-12-13(9-11)19-14(16-12)15-10(2)7-8-17-3/h5-6,9-10H,4,7-8H2,1-3H3,(H,15,16). The number of benzene rings is 1. The van der Waals surface area contributed by atoms with Crippen molar-refractivity contribution in [2.45, 2.75) is 26.3 Å². The number of methoxy groups -OCH3 is 1. The van der Waals surface area contributed by atoms with Gasteiger partial charge in [0.25, 0.3) is 0 Å². The first-order chi connectivity index (χ1) is 9.22. The van der Waals surface area contributed by atoms with E-state index in [1.165, 1.54) is 0 Å². The summed E-state index contributed by atoms with van der Waals surface area (Å²) in [6, 6.07) is 6.36. The number of nitrogens with zero attached hydrogens (tertiary/aromatic N) is 1. The van der Waals surface area contributed by atoms with Crippen molar-refractivity contribution >= 4 is 26.7 Å². The predicted molar refractivity (Wildman–Crippen MR) is 80.4 cm³/mol. The van der Waals surface area contributed by atoms with Crippen LogP contribution in [-0.2, 0) is 4.74 Å². The van der Waals surface area contributed by atoms with E-state index >= 15 is 0 Å². The lowest BCUT2D eigenvalue weighted by molar-refractivity contribution is 0.191. The van der Waals surface area contributed by atoms with E-state index in [0.29, 0.717) is 12.6 Å². The first-order valence-corrected chi connectivity index (χ1v) is 7.33. The van der Waals surface area contributed by atoms with Crippen LogP contribution in [0.2, 0.25) is 0 Å². The second-order valence-electron chi connectivity index (χ2n) is 4.41. The third kappa shape index (κ3) is 3.81. The van der Waals surface area contributed by atoms with Crippen LogP contribution in [0.3, 0.4) is 0 Å². The van der Waals surface area contributed by atoms with Gasteiger partial charge in [0.05, 0.1) is 16.8 Å². The molecule has 0 aliphatic rings. The van der Waals surface area contributed by atoms with Gasteiger partial charge in [0.2, 0.25) is 0 Å². The van der Waals surface area contributed by atoms with Gasteiger partial charge in [-0.15, -0.1) is 0 Å². The van der Waals surface area contributed by atoms with Gasteiger partial charge in [-0.05, 0) is 38.5 Å². The Balaban J connectivity index is 2.08. The van der Waals surface area contributed by atoms with Crippen LogP contribution >= 0.6 is 11.3 Å². The second kappa shape index (κ2) is 6.73. The molecule has 2 aromatic rings. The van der Waals surface area contributed by atoms with Crippen molar-refractivity contribution in [3.63, 3.8) is 0 Å². The molecule has 0 radical (unpaired) electrons. The van der Waals surface area contributed by atoms with Crippen LogP contribution in [-0.4, -0.2) is 31.3 Å². The highest BCUT2D eigenvalue weighted by Crippen LogP contribution is 2.29. The number of hydrogen-bond donors (Lipinski definition) is 1. The molecule has 1 unspecified atom stereocenters. The van der Waals surface area contributed by atoms with Crippen LogP contribution < -0.4 is 10.1 Å². The zero-order chi connectivity index (χ0) is 13.7. The molecule has 0 spiro atoms. The minimum atomic E-state index is 0.354. The number of rotatable bonds is 7. The van der Waals surface area contributed by atoms with E-state index in [9.17, 15) is 0 Å². The van der Waals surface area contributed by atoms with Crippen molar-refractivity contribution < 1.29 is 9.47 Å². The van der Waals surface area contributed by atoms with Crippen molar-refractivity contribution in [3.05, 3.63) is 18.2 Å². The molecule has 0 saturated carbocycles. The molecule has 5 heteroatoms. The number of fused-ring (bicyclic) bond motifs is 1. The molecule has 1 heterocycles. The Morgan fingerprint density at radius 2 is 2.26 bits per heavy atom. The number of hydrogen-bond acceptors (Lipinski definition) is 5. The lowest BCUT2D eigenvalue weighted by Gasteiger charge is -2.11. The zero-order valence-electron chi connectivity index (χ0n) is 11.6. The lowest BCUT2D eigenvalue weighted by Crippen LogP contribution is -2.16. The topological polar surface area (TPSA) is 43.4 Å². The fourth-order valence-corrected chi connectivity index (χ4v) is 2.81. The molecule has 0 fully saturated rings. The van der Waals surface area contributed by atoms with Crippen LogP contribution in [0.1, 0.15) is 20.3 Å². The van der Waals surface area contributed by atoms with Gasteiger partial charge >= 0.3 is 0 Å². The van der Waals surface area contributed by atoms with E-state index in [1.807, 2.05) is 25.1 Å². The quantitative estimate of drug-likeness (QED) is 0.842. The summed E-state index contributed by atoms with van der Waals surface area (Å²) in [6.07, 6.45) is 0.969. The van der Waals surface area contributed by atoms with Crippen LogP contribution in [0.25, 0.3) is 10.2 Å². The fourth-order valence-electron chi connectivity index (χ4n) is 1.80. The molecule has 0 aliphatic carbocycles. The average molecular weight is 280 g/mol. The summed E-state index contributed by atoms with van der Waals surface area (Å²) in [5, 5.41) is 4.36. The highest BCUT2D eigenvalue weighted by Gasteiger charge is 2.08. The van der Waals surface area contributed by atoms with Gasteiger partial charge in [0, 0.05) is 19.8 Å². The maximum atomic E-state index is 5.50. The molecule has 1 N–H and O–H groups in total. The van der Waals surface area contributed by atoms with Crippen molar-refractivity contribution in [3.8, 4) is 5.75 Å². The van der Waals surface area contributed by atoms with Crippen LogP contribution in [0.4, 0.5) is 5.13 Å². The van der Waals surface area contributed by atoms with Gasteiger partial charge in [-0.1, -0.05) is 11.3 Å². The molecule has 104 valence electrons. The lowest BCUT2D eigenvalue weighted by atomic mass is 10.2. The van der Waals surface area contributed by atoms with Gasteiger partial charge in [-0.2, -0.15) is 0 Å². The van der Waals surface area contributed by atoms with Crippen molar-refractivity contribution in [1.29, 1.82) is 0 Å². The minimum absolute atomic E-state index is 0.354. The highest BCUT2D eigenvalue weighted by molar-refractivity contribution is 7.22. The maximum absolute atomic E-state index is 5.50. The van der Waals surface area contributed by atoms with Gasteiger partial charge in [-0.25, -0.2) is 4.98 Å². The molecule has 2 rings (SSSR count). The normalized spacial score (nSPS) is 12.6. The molecular weight excluding hydrogens is 260 g/mol. The Morgan fingerprint density at radius 3 is 3.00 bits per heavy atom. The third-order valence-electron chi connectivity index (χ3n) is 2.80. The van der Waals surface area contributed by atoms with Gasteiger partial charge in [0.15, 0.2) is 5.13 Å². The van der Waals surface area contributed by atoms with Crippen molar-refractivity contribution in [2.24, 2.45) is 0 Å². The first-order valence-electron chi connectivity index (χ1n) is 6.51. The van der Waals surface area contributed by atoms with E-state index in [0.717, 1.165) is 34.1 Å². The summed E-state index contributed by atoms with van der Waals surface area (Å²) in [5.41, 5.74) is 1.01. The Labute approximate surface area is 117 Å². The summed E-state index contributed by atoms with van der Waals surface area (Å²) in [4.78, 5) is 4.57. The van der Waals surface area contributed by atoms with Crippen molar-refractivity contribution in [1.82, 2.24) is 4.98 Å². The van der Waals surface area contributed by atoms with E-state index in [1.54, 1.807) is 18.4 Å². The van der Waals surface area contributed by atoms with Gasteiger partial charge in [0.1, 0.15) is 5.75 Å². The van der Waals surface area contributed by atoms with E-state index in [-0.39, 0.29) is 0 Å². The molecule has 0 saturated heterocycles. The average Bonchev–Trinajstić information content (AvgIpc) is 2.78. The van der Waals surface area contributed by atoms with Gasteiger partial charge < -0.3 is 14.8 Å². The first kappa shape index (κ1) is 14.1. The zero-order valence-corrected chi connectivity index (χ0v) is 12.4. The van der Waals surface area contributed by atoms with Crippen LogP contribution in [0, 0.1) is 0 Å². The minimum Gasteiger partial charge on any atom is -0.494 e. The molecule has 0 aliphatic heterocycles. The smallest absolute Gasteiger partial charge is 0.184 e. The second-order valence-corrected chi connectivity index (χ2v) is 5.44. The molecule has 19 heavy (non-hydrogen) atoms. The van der Waals surface area contributed by atoms with Gasteiger partial charge in [-0.3, -0.25) is 0 Å². The Morgan fingerprint density at radius 1 is 1.42 bits per heavy atom. The van der Waals surface area contributed by atoms with Crippen LogP contribution in [0.15, 0.2) is 18.2 Å². The Bertz CT molecular complexity index is 527. The fraction of sp³-hybridized carbons (Fsp3) is 0.500. The number of ether oxygens (including phenoxy) is 2. The summed E-state index contributed by atoms with van der Waals surface area (Å²) in [6.45, 7) is 5.56. The van der Waals surface area contributed by atoms with Crippen LogP contribution in [0.5, 0.6) is 5.75 Å². The number of nitrogens with one attached hydrogen (secondary N) is 1. The SMILES string of the molecule is CCOc1ccc2nc(NC(C)CCOC)sc2c1. The third-order valence-corrected chi connectivity index (χ3v) is 3.75. The summed E-state index contributed by atoms with van der Waals surface area (Å²) < 4.78 is 11.7. The molecule has 1 aromatic heterocycles. The largest absolute Gasteiger partial charge is 0.494 e. The Hall–Kier alpha value is -1.33. The highest BCUT2D eigenvalue weighted by atomic mass is 32.1. The monoisotopic (exact) mass is 280 g/mol. The summed E-state index contributed by atoms with van der Waals surface area (Å²) >= 11 is 1.66. The molecule has 1 aromatic carbocycles. The predicted octanol–water partition coefficient (Wildman–Crippen LogP) is 3.53. The molecule has 0 amide bonds. The molecule has 0 bridgehead atoms. The Kier molecular flexibility index (Phi) is 4.99. The molecule has 4 nitrogen and oxygen atoms in total. The maximum Gasteiger partial charge on any atom is 0.184 e. The number of anilines is 1. The molecular formula is C14H20N2O2S. The number of thiazole rings is 1. The van der Waals surface area contributed by atoms with E-state index < -0.39 is 0 Å². The van der Waals surface area contributed by atoms with Crippen molar-refractivity contribution in [2.75, 3.05) is 25.6 Å². The molecule has 1 atom stereocenters. The van der Waals surface area contributed by atoms with E-state index in [4.69, 9.17) is 9.47 Å². The summed E-state index contributed by atoms with van der Waals surface area (Å²) in [5.74, 6) is 0.901. The number of aromatic nitrogens is 1. The summed E-state index contributed by atoms with van der Waals surface area (Å²) in [7, 11) is 1.72.